The van der Waals surface area contributed by atoms with Gasteiger partial charge in [0.15, 0.2) is 5.69 Å². The zero-order chi connectivity index (χ0) is 28.7. The number of carboxylic acids is 1. The third kappa shape index (κ3) is 5.61. The topological polar surface area (TPSA) is 111 Å². The quantitative estimate of drug-likeness (QED) is 0.214. The number of halogens is 2. The van der Waals surface area contributed by atoms with Crippen LogP contribution < -0.4 is 5.14 Å². The van der Waals surface area contributed by atoms with Crippen molar-refractivity contribution in [3.63, 3.8) is 0 Å². The number of thiazole rings is 1. The van der Waals surface area contributed by atoms with E-state index in [4.69, 9.17) is 10.2 Å². The Bertz CT molecular complexity index is 1800. The number of nitrogens with zero attached hydrogens (tertiary/aromatic N) is 3. The first-order valence-corrected chi connectivity index (χ1v) is 15.0. The van der Waals surface area contributed by atoms with E-state index in [-0.39, 0.29) is 22.8 Å². The Morgan fingerprint density at radius 2 is 1.83 bits per heavy atom. The Hall–Kier alpha value is -4.06. The molecular formula is C30H24F2N4O3S2. The lowest BCUT2D eigenvalue weighted by Crippen LogP contribution is -2.07. The number of carboxylic acid groups (broad SMARTS) is 1. The van der Waals surface area contributed by atoms with Crippen molar-refractivity contribution in [3.8, 4) is 27.5 Å². The fourth-order valence-electron chi connectivity index (χ4n) is 4.86. The number of benzene rings is 3. The summed E-state index contributed by atoms with van der Waals surface area (Å²) in [7, 11) is -1.96. The molecule has 0 amide bonds. The van der Waals surface area contributed by atoms with Gasteiger partial charge in [-0.1, -0.05) is 36.4 Å². The van der Waals surface area contributed by atoms with Gasteiger partial charge in [0, 0.05) is 28.5 Å². The molecule has 1 atom stereocenters. The van der Waals surface area contributed by atoms with Crippen molar-refractivity contribution in [2.75, 3.05) is 0 Å². The SMILES string of the molecule is NS(=O)c1ccc(Cc2c(-c3ccc(F)c(-c4ccccc4)c3)nn(-c3nc(C(=O)O)cs3)c2CC2CC2)cc1F. The van der Waals surface area contributed by atoms with Crippen LogP contribution in [0.25, 0.3) is 27.5 Å². The number of rotatable bonds is 9. The monoisotopic (exact) mass is 590 g/mol. The molecule has 0 aliphatic heterocycles. The fourth-order valence-corrected chi connectivity index (χ4v) is 6.08. The van der Waals surface area contributed by atoms with E-state index in [1.54, 1.807) is 22.9 Å². The van der Waals surface area contributed by atoms with Crippen molar-refractivity contribution >= 4 is 28.3 Å². The lowest BCUT2D eigenvalue weighted by atomic mass is 9.95. The third-order valence-corrected chi connectivity index (χ3v) is 8.66. The Morgan fingerprint density at radius 3 is 2.49 bits per heavy atom. The van der Waals surface area contributed by atoms with Crippen molar-refractivity contribution < 1.29 is 22.9 Å². The largest absolute Gasteiger partial charge is 0.476 e. The standard InChI is InChI=1S/C30H24F2N4O3S2/c31-23-10-9-20(15-21(23)19-4-2-1-3-5-19)28-22(12-18-8-11-27(41(33)39)24(32)13-18)26(14-17-6-7-17)36(35-28)30-34-25(16-40-30)29(37)38/h1-5,8-11,13,15-17H,6-7,12,14,33H2,(H,37,38). The molecule has 1 fully saturated rings. The molecule has 7 nitrogen and oxygen atoms in total. The van der Waals surface area contributed by atoms with Crippen LogP contribution in [0.3, 0.4) is 0 Å². The maximum absolute atomic E-state index is 15.0. The number of hydrogen-bond acceptors (Lipinski definition) is 5. The minimum atomic E-state index is -1.96. The molecule has 1 aliphatic rings. The Labute approximate surface area is 240 Å². The summed E-state index contributed by atoms with van der Waals surface area (Å²) >= 11 is 1.17. The molecule has 0 spiro atoms. The number of hydrogen-bond donors (Lipinski definition) is 2. The van der Waals surface area contributed by atoms with E-state index in [1.807, 2.05) is 30.3 Å². The summed E-state index contributed by atoms with van der Waals surface area (Å²) in [5.74, 6) is -1.75. The summed E-state index contributed by atoms with van der Waals surface area (Å²) in [5, 5.41) is 21.7. The molecule has 3 N–H and O–H groups in total. The zero-order valence-corrected chi connectivity index (χ0v) is 23.2. The summed E-state index contributed by atoms with van der Waals surface area (Å²) in [6.45, 7) is 0. The number of aromatic carboxylic acids is 1. The number of carbonyl (C=O) groups is 1. The van der Waals surface area contributed by atoms with Crippen molar-refractivity contribution in [1.82, 2.24) is 14.8 Å². The Balaban J connectivity index is 1.54. The van der Waals surface area contributed by atoms with Crippen molar-refractivity contribution in [3.05, 3.63) is 106 Å². The highest BCUT2D eigenvalue weighted by molar-refractivity contribution is 7.82. The van der Waals surface area contributed by atoms with Gasteiger partial charge in [0.05, 0.1) is 16.3 Å². The highest BCUT2D eigenvalue weighted by Crippen LogP contribution is 2.39. The van der Waals surface area contributed by atoms with Gasteiger partial charge in [0.1, 0.15) is 22.6 Å². The molecule has 1 unspecified atom stereocenters. The normalized spacial score (nSPS) is 13.8. The van der Waals surface area contributed by atoms with Gasteiger partial charge in [0.25, 0.3) is 0 Å². The molecule has 11 heteroatoms. The van der Waals surface area contributed by atoms with E-state index >= 15 is 4.39 Å². The van der Waals surface area contributed by atoms with Crippen LogP contribution in [-0.4, -0.2) is 30.0 Å². The third-order valence-electron chi connectivity index (χ3n) is 7.08. The molecule has 5 aromatic rings. The van der Waals surface area contributed by atoms with Crippen LogP contribution >= 0.6 is 11.3 Å². The van der Waals surface area contributed by atoms with Gasteiger partial charge in [0.2, 0.25) is 5.13 Å². The molecule has 2 heterocycles. The molecule has 41 heavy (non-hydrogen) atoms. The smallest absolute Gasteiger partial charge is 0.355 e. The lowest BCUT2D eigenvalue weighted by molar-refractivity contribution is 0.0691. The molecule has 1 aliphatic carbocycles. The van der Waals surface area contributed by atoms with Crippen LogP contribution in [0.15, 0.2) is 77.0 Å². The summed E-state index contributed by atoms with van der Waals surface area (Å²) < 4.78 is 43.2. The minimum Gasteiger partial charge on any atom is -0.476 e. The number of nitrogens with two attached hydrogens (primary N) is 1. The van der Waals surface area contributed by atoms with E-state index in [0.29, 0.717) is 45.4 Å². The molecule has 0 radical (unpaired) electrons. The van der Waals surface area contributed by atoms with E-state index in [0.717, 1.165) is 24.1 Å². The molecule has 3 aromatic carbocycles. The molecule has 1 saturated carbocycles. The highest BCUT2D eigenvalue weighted by atomic mass is 32.2. The first-order chi connectivity index (χ1) is 19.8. The first-order valence-electron chi connectivity index (χ1n) is 12.9. The van der Waals surface area contributed by atoms with Crippen LogP contribution in [0.5, 0.6) is 0 Å². The minimum absolute atomic E-state index is 0.0819. The second kappa shape index (κ2) is 11.1. The predicted molar refractivity (Wildman–Crippen MR) is 153 cm³/mol. The zero-order valence-electron chi connectivity index (χ0n) is 21.6. The van der Waals surface area contributed by atoms with Crippen molar-refractivity contribution in [2.24, 2.45) is 11.1 Å². The van der Waals surface area contributed by atoms with Crippen LogP contribution in [0.4, 0.5) is 8.78 Å². The van der Waals surface area contributed by atoms with E-state index < -0.39 is 22.8 Å². The molecule has 0 bridgehead atoms. The van der Waals surface area contributed by atoms with Crippen LogP contribution in [0.2, 0.25) is 0 Å². The Kier molecular flexibility index (Phi) is 7.33. The Morgan fingerprint density at radius 1 is 1.05 bits per heavy atom. The second-order valence-corrected chi connectivity index (χ2v) is 11.8. The van der Waals surface area contributed by atoms with Gasteiger partial charge in [-0.05, 0) is 66.6 Å². The van der Waals surface area contributed by atoms with Gasteiger partial charge >= 0.3 is 5.97 Å². The van der Waals surface area contributed by atoms with Gasteiger partial charge in [-0.3, -0.25) is 0 Å². The second-order valence-electron chi connectivity index (χ2n) is 9.95. The van der Waals surface area contributed by atoms with Crippen LogP contribution in [-0.2, 0) is 23.8 Å². The van der Waals surface area contributed by atoms with Gasteiger partial charge in [-0.15, -0.1) is 11.3 Å². The van der Waals surface area contributed by atoms with E-state index in [1.165, 1.54) is 34.9 Å². The highest BCUT2D eigenvalue weighted by Gasteiger charge is 2.29. The number of aromatic nitrogens is 3. The van der Waals surface area contributed by atoms with Gasteiger partial charge < -0.3 is 5.11 Å². The van der Waals surface area contributed by atoms with Crippen molar-refractivity contribution in [1.29, 1.82) is 0 Å². The van der Waals surface area contributed by atoms with Gasteiger partial charge in [-0.2, -0.15) is 5.10 Å². The summed E-state index contributed by atoms with van der Waals surface area (Å²) in [6.07, 6.45) is 3.06. The maximum atomic E-state index is 15.0. The summed E-state index contributed by atoms with van der Waals surface area (Å²) in [5.41, 5.74) is 4.52. The summed E-state index contributed by atoms with van der Waals surface area (Å²) in [6, 6.07) is 18.4. The average Bonchev–Trinajstić information content (AvgIpc) is 3.51. The average molecular weight is 591 g/mol. The maximum Gasteiger partial charge on any atom is 0.355 e. The fraction of sp³-hybridized carbons (Fsp3) is 0.167. The van der Waals surface area contributed by atoms with E-state index in [9.17, 15) is 18.5 Å². The molecular weight excluding hydrogens is 566 g/mol. The first kappa shape index (κ1) is 27.1. The lowest BCUT2D eigenvalue weighted by Gasteiger charge is -2.10. The summed E-state index contributed by atoms with van der Waals surface area (Å²) in [4.78, 5) is 15.8. The predicted octanol–water partition coefficient (Wildman–Crippen LogP) is 6.16. The molecule has 2 aromatic heterocycles. The van der Waals surface area contributed by atoms with Gasteiger partial charge in [-0.25, -0.2) is 32.6 Å². The molecule has 208 valence electrons. The van der Waals surface area contributed by atoms with Crippen molar-refractivity contribution in [2.45, 2.75) is 30.6 Å². The molecule has 6 rings (SSSR count). The van der Waals surface area contributed by atoms with Crippen LogP contribution in [0.1, 0.15) is 40.2 Å². The van der Waals surface area contributed by atoms with Crippen LogP contribution in [0, 0.1) is 17.6 Å². The molecule has 0 saturated heterocycles. The van der Waals surface area contributed by atoms with E-state index in [2.05, 4.69) is 4.98 Å².